The van der Waals surface area contributed by atoms with Gasteiger partial charge in [0.15, 0.2) is 6.10 Å². The maximum absolute atomic E-state index is 12.7. The van der Waals surface area contributed by atoms with Crippen LogP contribution < -0.4 is 14.4 Å². The van der Waals surface area contributed by atoms with Crippen molar-refractivity contribution in [3.63, 3.8) is 0 Å². The van der Waals surface area contributed by atoms with Crippen LogP contribution in [0.1, 0.15) is 11.1 Å². The van der Waals surface area contributed by atoms with Crippen LogP contribution in [0, 0.1) is 6.92 Å². The van der Waals surface area contributed by atoms with Gasteiger partial charge in [-0.3, -0.25) is 9.10 Å². The third kappa shape index (κ3) is 4.40. The summed E-state index contributed by atoms with van der Waals surface area (Å²) >= 11 is 0. The molecule has 0 spiro atoms. The molecule has 1 N–H and O–H groups in total. The number of benzene rings is 2. The van der Waals surface area contributed by atoms with Gasteiger partial charge in [0.05, 0.1) is 25.1 Å². The average molecular weight is 390 g/mol. The molecule has 144 valence electrons. The second-order valence-electron chi connectivity index (χ2n) is 6.49. The summed E-state index contributed by atoms with van der Waals surface area (Å²) in [7, 11) is -1.96. The van der Waals surface area contributed by atoms with Crippen LogP contribution >= 0.6 is 0 Å². The zero-order valence-electron chi connectivity index (χ0n) is 15.4. The number of hydrogen-bond donors (Lipinski definition) is 1. The maximum atomic E-state index is 12.7. The summed E-state index contributed by atoms with van der Waals surface area (Å²) in [5.74, 6) is -0.0463. The lowest BCUT2D eigenvalue weighted by Gasteiger charge is -2.34. The Labute approximate surface area is 158 Å². The Kier molecular flexibility index (Phi) is 5.38. The van der Waals surface area contributed by atoms with Crippen LogP contribution in [0.2, 0.25) is 0 Å². The van der Waals surface area contributed by atoms with E-state index in [9.17, 15) is 13.2 Å². The van der Waals surface area contributed by atoms with E-state index in [4.69, 9.17) is 9.47 Å². The van der Waals surface area contributed by atoms with Gasteiger partial charge in [-0.25, -0.2) is 8.42 Å². The van der Waals surface area contributed by atoms with Gasteiger partial charge in [-0.2, -0.15) is 0 Å². The quantitative estimate of drug-likeness (QED) is 0.847. The lowest BCUT2D eigenvalue weighted by Crippen LogP contribution is -2.48. The zero-order valence-corrected chi connectivity index (χ0v) is 16.2. The fourth-order valence-corrected chi connectivity index (χ4v) is 3.85. The molecular formula is C19H22N2O5S. The summed E-state index contributed by atoms with van der Waals surface area (Å²) in [5, 5.41) is 2.78. The molecule has 0 saturated carbocycles. The van der Waals surface area contributed by atoms with E-state index >= 15 is 0 Å². The van der Waals surface area contributed by atoms with Crippen LogP contribution in [0.3, 0.4) is 0 Å². The first-order valence-electron chi connectivity index (χ1n) is 8.41. The average Bonchev–Trinajstić information content (AvgIpc) is 2.60. The van der Waals surface area contributed by atoms with Crippen LogP contribution in [0.4, 0.5) is 11.4 Å². The number of hydrogen-bond acceptors (Lipinski definition) is 5. The number of nitrogens with one attached hydrogen (secondary N) is 1. The van der Waals surface area contributed by atoms with Crippen LogP contribution in [0.5, 0.6) is 5.75 Å². The Morgan fingerprint density at radius 2 is 2.07 bits per heavy atom. The topological polar surface area (TPSA) is 84.9 Å². The Bertz CT molecular complexity index is 958. The number of rotatable bonds is 5. The number of anilines is 2. The molecule has 1 amide bonds. The van der Waals surface area contributed by atoms with Gasteiger partial charge < -0.3 is 14.8 Å². The minimum Gasteiger partial charge on any atom is -0.476 e. The predicted octanol–water partition coefficient (Wildman–Crippen LogP) is 2.31. The van der Waals surface area contributed by atoms with Crippen molar-refractivity contribution in [1.82, 2.24) is 0 Å². The molecule has 0 unspecified atom stereocenters. The largest absolute Gasteiger partial charge is 0.476 e. The Hall–Kier alpha value is -2.58. The van der Waals surface area contributed by atoms with Gasteiger partial charge in [0.2, 0.25) is 10.0 Å². The van der Waals surface area contributed by atoms with Gasteiger partial charge in [0.1, 0.15) is 5.75 Å². The number of methoxy groups -OCH3 is 1. The summed E-state index contributed by atoms with van der Waals surface area (Å²) in [6, 6.07) is 12.5. The van der Waals surface area contributed by atoms with Crippen molar-refractivity contribution >= 4 is 27.3 Å². The molecule has 1 aliphatic heterocycles. The van der Waals surface area contributed by atoms with E-state index in [1.807, 2.05) is 25.1 Å². The lowest BCUT2D eigenvalue weighted by molar-refractivity contribution is -0.122. The number of fused-ring (bicyclic) bond motifs is 1. The highest BCUT2D eigenvalue weighted by molar-refractivity contribution is 7.92. The molecule has 27 heavy (non-hydrogen) atoms. The SMILES string of the molecule is COCc1cccc(NC(=O)[C@H]2CN(S(C)(=O)=O)c3cc(C)ccc3O2)c1. The smallest absolute Gasteiger partial charge is 0.267 e. The lowest BCUT2D eigenvalue weighted by atomic mass is 10.1. The van der Waals surface area contributed by atoms with Gasteiger partial charge in [0.25, 0.3) is 5.91 Å². The molecule has 2 aromatic carbocycles. The molecule has 2 aromatic rings. The molecule has 0 fully saturated rings. The molecule has 3 rings (SSSR count). The molecular weight excluding hydrogens is 368 g/mol. The van der Waals surface area contributed by atoms with Crippen molar-refractivity contribution in [3.05, 3.63) is 53.6 Å². The van der Waals surface area contributed by atoms with E-state index in [-0.39, 0.29) is 6.54 Å². The van der Waals surface area contributed by atoms with Crippen molar-refractivity contribution in [2.75, 3.05) is 29.5 Å². The summed E-state index contributed by atoms with van der Waals surface area (Å²) in [6.07, 6.45) is 0.161. The molecule has 1 atom stereocenters. The van der Waals surface area contributed by atoms with Gasteiger partial charge in [-0.1, -0.05) is 18.2 Å². The molecule has 8 heteroatoms. The third-order valence-electron chi connectivity index (χ3n) is 4.18. The fraction of sp³-hybridized carbons (Fsp3) is 0.316. The van der Waals surface area contributed by atoms with E-state index in [0.717, 1.165) is 17.4 Å². The van der Waals surface area contributed by atoms with E-state index in [0.29, 0.717) is 23.7 Å². The molecule has 0 aromatic heterocycles. The zero-order chi connectivity index (χ0) is 19.6. The molecule has 7 nitrogen and oxygen atoms in total. The first-order valence-corrected chi connectivity index (χ1v) is 10.3. The van der Waals surface area contributed by atoms with Crippen molar-refractivity contribution in [1.29, 1.82) is 0 Å². The molecule has 1 heterocycles. The predicted molar refractivity (Wildman–Crippen MR) is 104 cm³/mol. The van der Waals surface area contributed by atoms with Gasteiger partial charge in [-0.15, -0.1) is 0 Å². The van der Waals surface area contributed by atoms with Crippen molar-refractivity contribution in [2.45, 2.75) is 19.6 Å². The summed E-state index contributed by atoms with van der Waals surface area (Å²) in [6.45, 7) is 2.21. The normalized spacial score (nSPS) is 16.4. The Morgan fingerprint density at radius 1 is 1.30 bits per heavy atom. The van der Waals surface area contributed by atoms with Crippen molar-refractivity contribution in [3.8, 4) is 5.75 Å². The minimum atomic E-state index is -3.55. The summed E-state index contributed by atoms with van der Waals surface area (Å²) in [5.41, 5.74) is 2.87. The van der Waals surface area contributed by atoms with Gasteiger partial charge in [-0.05, 0) is 42.3 Å². The second kappa shape index (κ2) is 7.58. The highest BCUT2D eigenvalue weighted by Crippen LogP contribution is 2.36. The Morgan fingerprint density at radius 3 is 2.78 bits per heavy atom. The highest BCUT2D eigenvalue weighted by Gasteiger charge is 2.35. The fourth-order valence-electron chi connectivity index (χ4n) is 2.94. The number of aryl methyl sites for hydroxylation is 1. The van der Waals surface area contributed by atoms with Crippen molar-refractivity contribution in [2.24, 2.45) is 0 Å². The highest BCUT2D eigenvalue weighted by atomic mass is 32.2. The number of carbonyl (C=O) groups excluding carboxylic acids is 1. The van der Waals surface area contributed by atoms with Crippen LogP contribution in [0.15, 0.2) is 42.5 Å². The standard InChI is InChI=1S/C19H22N2O5S/c1-13-7-8-17-16(9-13)21(27(3,23)24)11-18(26-17)19(22)20-15-6-4-5-14(10-15)12-25-2/h4-10,18H,11-12H2,1-3H3,(H,20,22)/t18-/m1/s1. The molecule has 0 aliphatic carbocycles. The third-order valence-corrected chi connectivity index (χ3v) is 5.33. The summed E-state index contributed by atoms with van der Waals surface area (Å²) in [4.78, 5) is 12.7. The van der Waals surface area contributed by atoms with E-state index < -0.39 is 22.0 Å². The number of nitrogens with zero attached hydrogens (tertiary/aromatic N) is 1. The van der Waals surface area contributed by atoms with Crippen LogP contribution in [0.25, 0.3) is 0 Å². The van der Waals surface area contributed by atoms with Crippen LogP contribution in [-0.2, 0) is 26.2 Å². The van der Waals surface area contributed by atoms with Crippen molar-refractivity contribution < 1.29 is 22.7 Å². The number of amides is 1. The van der Waals surface area contributed by atoms with Gasteiger partial charge >= 0.3 is 0 Å². The maximum Gasteiger partial charge on any atom is 0.267 e. The van der Waals surface area contributed by atoms with Gasteiger partial charge in [0, 0.05) is 12.8 Å². The van der Waals surface area contributed by atoms with E-state index in [2.05, 4.69) is 5.32 Å². The molecule has 0 bridgehead atoms. The molecule has 0 radical (unpaired) electrons. The second-order valence-corrected chi connectivity index (χ2v) is 8.40. The monoisotopic (exact) mass is 390 g/mol. The molecule has 0 saturated heterocycles. The Balaban J connectivity index is 1.84. The number of ether oxygens (including phenoxy) is 2. The molecule has 1 aliphatic rings. The minimum absolute atomic E-state index is 0.0844. The van der Waals surface area contributed by atoms with E-state index in [1.165, 1.54) is 4.31 Å². The van der Waals surface area contributed by atoms with E-state index in [1.54, 1.807) is 31.4 Å². The summed E-state index contributed by atoms with van der Waals surface area (Å²) < 4.78 is 36.5. The first kappa shape index (κ1) is 19.2. The van der Waals surface area contributed by atoms with Crippen LogP contribution in [-0.4, -0.2) is 40.3 Å². The first-order chi connectivity index (χ1) is 12.8. The number of sulfonamides is 1. The number of carbonyl (C=O) groups is 1.